The van der Waals surface area contributed by atoms with Crippen molar-refractivity contribution in [2.75, 3.05) is 13.2 Å². The average Bonchev–Trinajstić information content (AvgIpc) is 2.72. The highest BCUT2D eigenvalue weighted by atomic mass is 16.6. The molecule has 29 heavy (non-hydrogen) atoms. The van der Waals surface area contributed by atoms with Gasteiger partial charge in [0.1, 0.15) is 13.2 Å². The largest absolute Gasteiger partial charge is 0.494 e. The van der Waals surface area contributed by atoms with E-state index in [1.807, 2.05) is 13.0 Å². The first-order valence-corrected chi connectivity index (χ1v) is 9.27. The maximum atomic E-state index is 12.6. The summed E-state index contributed by atoms with van der Waals surface area (Å²) >= 11 is 0. The quantitative estimate of drug-likeness (QED) is 0.185. The molecule has 0 aliphatic heterocycles. The van der Waals surface area contributed by atoms with Crippen LogP contribution in [-0.2, 0) is 28.6 Å². The van der Waals surface area contributed by atoms with Gasteiger partial charge in [-0.1, -0.05) is 43.5 Å². The summed E-state index contributed by atoms with van der Waals surface area (Å²) in [6, 6.07) is 0. The van der Waals surface area contributed by atoms with E-state index >= 15 is 0 Å². The highest BCUT2D eigenvalue weighted by molar-refractivity contribution is 5.82. The summed E-state index contributed by atoms with van der Waals surface area (Å²) in [4.78, 5) is 35.4. The van der Waals surface area contributed by atoms with Crippen molar-refractivity contribution < 1.29 is 33.7 Å². The molecule has 1 rings (SSSR count). The molecule has 7 nitrogen and oxygen atoms in total. The van der Waals surface area contributed by atoms with Crippen molar-refractivity contribution in [3.05, 3.63) is 60.9 Å². The van der Waals surface area contributed by atoms with Gasteiger partial charge >= 0.3 is 17.9 Å². The van der Waals surface area contributed by atoms with Crippen LogP contribution in [0.2, 0.25) is 0 Å². The molecular formula is C22H28O7. The van der Waals surface area contributed by atoms with Gasteiger partial charge in [0.2, 0.25) is 0 Å². The van der Waals surface area contributed by atoms with Gasteiger partial charge in [0.25, 0.3) is 0 Å². The number of ether oxygens (including phenoxy) is 3. The van der Waals surface area contributed by atoms with Gasteiger partial charge in [-0.05, 0) is 32.3 Å². The molecule has 0 heterocycles. The average molecular weight is 404 g/mol. The van der Waals surface area contributed by atoms with E-state index in [0.717, 1.165) is 11.6 Å². The molecule has 3 unspecified atom stereocenters. The summed E-state index contributed by atoms with van der Waals surface area (Å²) in [6.07, 6.45) is 9.35. The van der Waals surface area contributed by atoms with Gasteiger partial charge in [-0.25, -0.2) is 4.79 Å². The van der Waals surface area contributed by atoms with Crippen LogP contribution >= 0.6 is 0 Å². The van der Waals surface area contributed by atoms with Crippen LogP contribution in [0.5, 0.6) is 0 Å². The molecule has 0 aromatic carbocycles. The molecule has 0 aromatic rings. The predicted octanol–water partition coefficient (Wildman–Crippen LogP) is 3.35. The number of carboxylic acids is 1. The van der Waals surface area contributed by atoms with Gasteiger partial charge in [0, 0.05) is 6.08 Å². The van der Waals surface area contributed by atoms with Crippen LogP contribution < -0.4 is 0 Å². The first-order valence-electron chi connectivity index (χ1n) is 9.27. The second-order valence-corrected chi connectivity index (χ2v) is 6.53. The zero-order valence-corrected chi connectivity index (χ0v) is 16.8. The van der Waals surface area contributed by atoms with Crippen molar-refractivity contribution in [3.8, 4) is 0 Å². The number of carbonyl (C=O) groups excluding carboxylic acids is 2. The molecule has 0 radical (unpaired) electrons. The summed E-state index contributed by atoms with van der Waals surface area (Å²) in [5.74, 6) is -3.42. The Bertz CT molecular complexity index is 715. The van der Waals surface area contributed by atoms with Gasteiger partial charge in [-0.2, -0.15) is 0 Å². The van der Waals surface area contributed by atoms with Gasteiger partial charge in [0.15, 0.2) is 6.10 Å². The Hall–Kier alpha value is -3.09. The van der Waals surface area contributed by atoms with Crippen LogP contribution in [0, 0.1) is 11.8 Å². The van der Waals surface area contributed by atoms with E-state index in [-0.39, 0.29) is 26.1 Å². The third kappa shape index (κ3) is 8.21. The second kappa shape index (κ2) is 12.4. The van der Waals surface area contributed by atoms with Gasteiger partial charge in [-0.15, -0.1) is 0 Å². The van der Waals surface area contributed by atoms with Crippen molar-refractivity contribution in [2.45, 2.75) is 32.8 Å². The lowest BCUT2D eigenvalue weighted by molar-refractivity contribution is -0.168. The Labute approximate surface area is 171 Å². The fourth-order valence-corrected chi connectivity index (χ4v) is 2.61. The third-order valence-electron chi connectivity index (χ3n) is 4.44. The second-order valence-electron chi connectivity index (χ2n) is 6.53. The highest BCUT2D eigenvalue weighted by Crippen LogP contribution is 2.27. The lowest BCUT2D eigenvalue weighted by Crippen LogP contribution is -2.37. The van der Waals surface area contributed by atoms with E-state index in [0.29, 0.717) is 5.76 Å². The van der Waals surface area contributed by atoms with Crippen molar-refractivity contribution in [2.24, 2.45) is 11.8 Å². The Balaban J connectivity index is 2.84. The molecule has 3 atom stereocenters. The fraction of sp³-hybridized carbons (Fsp3) is 0.409. The fourth-order valence-electron chi connectivity index (χ4n) is 2.61. The molecule has 0 saturated carbocycles. The summed E-state index contributed by atoms with van der Waals surface area (Å²) in [6.45, 7) is 10.2. The highest BCUT2D eigenvalue weighted by Gasteiger charge is 2.36. The molecule has 7 heteroatoms. The molecule has 0 spiro atoms. The topological polar surface area (TPSA) is 99.1 Å². The smallest absolute Gasteiger partial charge is 0.330 e. The Kier molecular flexibility index (Phi) is 10.2. The van der Waals surface area contributed by atoms with Crippen LogP contribution in [0.3, 0.4) is 0 Å². The molecule has 1 N–H and O–H groups in total. The SMILES string of the molecule is C=C/C=C\C(C)=C(/C)OCC(COC(=O)C=C)OC(=O)C1CC=CCC1C(=O)O. The number of rotatable bonds is 11. The standard InChI is InChI=1S/C22H28O7/c1-5-7-10-15(3)16(4)27-13-17(14-28-20(23)6-2)29-22(26)19-12-9-8-11-18(19)21(24)25/h5-10,17-19H,1-2,11-14H2,3-4H3,(H,24,25)/b10-7-,16-15+. The molecule has 0 aromatic heterocycles. The summed E-state index contributed by atoms with van der Waals surface area (Å²) in [7, 11) is 0. The van der Waals surface area contributed by atoms with Crippen LogP contribution in [0.1, 0.15) is 26.7 Å². The number of hydrogen-bond donors (Lipinski definition) is 1. The summed E-state index contributed by atoms with van der Waals surface area (Å²) in [5, 5.41) is 9.34. The molecule has 0 bridgehead atoms. The lowest BCUT2D eigenvalue weighted by atomic mass is 9.83. The van der Waals surface area contributed by atoms with Crippen LogP contribution in [0.4, 0.5) is 0 Å². The minimum absolute atomic E-state index is 0.0540. The molecule has 1 aliphatic rings. The van der Waals surface area contributed by atoms with E-state index < -0.39 is 35.8 Å². The number of carboxylic acid groups (broad SMARTS) is 1. The monoisotopic (exact) mass is 404 g/mol. The molecular weight excluding hydrogens is 376 g/mol. The number of allylic oxidation sites excluding steroid dienone is 7. The van der Waals surface area contributed by atoms with Crippen molar-refractivity contribution in [1.82, 2.24) is 0 Å². The predicted molar refractivity (Wildman–Crippen MR) is 108 cm³/mol. The minimum Gasteiger partial charge on any atom is -0.494 e. The zero-order chi connectivity index (χ0) is 21.8. The number of carbonyl (C=O) groups is 3. The maximum Gasteiger partial charge on any atom is 0.330 e. The van der Waals surface area contributed by atoms with Crippen LogP contribution in [0.15, 0.2) is 60.9 Å². The van der Waals surface area contributed by atoms with E-state index in [9.17, 15) is 19.5 Å². The summed E-state index contributed by atoms with van der Waals surface area (Å²) < 4.78 is 16.1. The van der Waals surface area contributed by atoms with Gasteiger partial charge in [0.05, 0.1) is 17.6 Å². The van der Waals surface area contributed by atoms with Crippen LogP contribution in [-0.4, -0.2) is 42.3 Å². The number of aliphatic carboxylic acids is 1. The lowest BCUT2D eigenvalue weighted by Gasteiger charge is -2.26. The maximum absolute atomic E-state index is 12.6. The van der Waals surface area contributed by atoms with E-state index in [4.69, 9.17) is 14.2 Å². The molecule has 0 amide bonds. The summed E-state index contributed by atoms with van der Waals surface area (Å²) in [5.41, 5.74) is 0.849. The van der Waals surface area contributed by atoms with Crippen molar-refractivity contribution in [1.29, 1.82) is 0 Å². The van der Waals surface area contributed by atoms with E-state index in [2.05, 4.69) is 13.2 Å². The normalized spacial score (nSPS) is 20.3. The molecule has 0 fully saturated rings. The van der Waals surface area contributed by atoms with E-state index in [1.54, 1.807) is 31.2 Å². The Morgan fingerprint density at radius 2 is 1.72 bits per heavy atom. The Morgan fingerprint density at radius 1 is 1.10 bits per heavy atom. The number of esters is 2. The zero-order valence-electron chi connectivity index (χ0n) is 16.8. The van der Waals surface area contributed by atoms with Gasteiger partial charge in [-0.3, -0.25) is 9.59 Å². The van der Waals surface area contributed by atoms with Crippen molar-refractivity contribution >= 4 is 17.9 Å². The third-order valence-corrected chi connectivity index (χ3v) is 4.44. The van der Waals surface area contributed by atoms with Crippen molar-refractivity contribution in [3.63, 3.8) is 0 Å². The first-order chi connectivity index (χ1) is 13.8. The number of hydrogen-bond acceptors (Lipinski definition) is 6. The first kappa shape index (κ1) is 23.9. The minimum atomic E-state index is -1.05. The molecule has 0 saturated heterocycles. The van der Waals surface area contributed by atoms with Crippen LogP contribution in [0.25, 0.3) is 0 Å². The molecule has 158 valence electrons. The molecule has 1 aliphatic carbocycles. The Morgan fingerprint density at radius 3 is 2.31 bits per heavy atom. The van der Waals surface area contributed by atoms with E-state index in [1.165, 1.54) is 0 Å². The van der Waals surface area contributed by atoms with Gasteiger partial charge < -0.3 is 19.3 Å².